The van der Waals surface area contributed by atoms with Gasteiger partial charge in [-0.25, -0.2) is 4.79 Å². The van der Waals surface area contributed by atoms with E-state index in [0.29, 0.717) is 16.3 Å². The Morgan fingerprint density at radius 1 is 1.12 bits per heavy atom. The summed E-state index contributed by atoms with van der Waals surface area (Å²) < 4.78 is 6.40. The first-order valence-electron chi connectivity index (χ1n) is 10.9. The summed E-state index contributed by atoms with van der Waals surface area (Å²) in [4.78, 5) is 37.7. The molecule has 1 aliphatic carbocycles. The van der Waals surface area contributed by atoms with Gasteiger partial charge in [-0.3, -0.25) is 14.3 Å². The highest BCUT2D eigenvalue weighted by atomic mass is 35.5. The number of anilines is 1. The minimum Gasteiger partial charge on any atom is -0.465 e. The van der Waals surface area contributed by atoms with Crippen molar-refractivity contribution in [3.8, 4) is 0 Å². The fourth-order valence-electron chi connectivity index (χ4n) is 3.85. The second kappa shape index (κ2) is 9.69. The summed E-state index contributed by atoms with van der Waals surface area (Å²) in [5, 5.41) is 10.6. The van der Waals surface area contributed by atoms with Gasteiger partial charge in [-0.15, -0.1) is 0 Å². The van der Waals surface area contributed by atoms with E-state index in [0.717, 1.165) is 24.1 Å². The maximum absolute atomic E-state index is 13.2. The number of methoxy groups -OCH3 is 1. The number of ether oxygens (including phenoxy) is 1. The van der Waals surface area contributed by atoms with Gasteiger partial charge in [0.15, 0.2) is 0 Å². The largest absolute Gasteiger partial charge is 0.465 e. The molecule has 2 N–H and O–H groups in total. The van der Waals surface area contributed by atoms with Crippen LogP contribution in [-0.4, -0.2) is 34.7 Å². The fraction of sp³-hybridized carbons (Fsp3) is 0.280. The van der Waals surface area contributed by atoms with Gasteiger partial charge < -0.3 is 15.4 Å². The van der Waals surface area contributed by atoms with E-state index in [2.05, 4.69) is 15.7 Å². The van der Waals surface area contributed by atoms with Crippen LogP contribution in [0.4, 0.5) is 5.69 Å². The molecule has 8 nitrogen and oxygen atoms in total. The number of esters is 1. The minimum atomic E-state index is -0.609. The smallest absolute Gasteiger partial charge is 0.337 e. The highest BCUT2D eigenvalue weighted by Gasteiger charge is 2.51. The third-order valence-corrected chi connectivity index (χ3v) is 6.07. The zero-order valence-corrected chi connectivity index (χ0v) is 19.7. The number of aromatic nitrogens is 2. The standard InChI is InChI=1S/C25H25ClN4O4/c1-16-7-10-30(29-16)15-22(31)27-14-17-11-18(23(32)34-2)13-21(12-17)28-24(33)25(8-9-25)19-3-5-20(26)6-4-19/h3-7,10-13H,8-9,14-15H2,1-2H3,(H,27,31)(H,28,33). The van der Waals surface area contributed by atoms with E-state index in [4.69, 9.17) is 16.3 Å². The van der Waals surface area contributed by atoms with Crippen molar-refractivity contribution >= 4 is 35.1 Å². The number of aryl methyl sites for hydroxylation is 1. The quantitative estimate of drug-likeness (QED) is 0.479. The number of hydrogen-bond donors (Lipinski definition) is 2. The summed E-state index contributed by atoms with van der Waals surface area (Å²) in [6.07, 6.45) is 3.19. The number of halogens is 1. The van der Waals surface area contributed by atoms with Crippen LogP contribution < -0.4 is 10.6 Å². The number of rotatable bonds is 8. The first-order chi connectivity index (χ1) is 16.3. The molecule has 1 heterocycles. The zero-order valence-electron chi connectivity index (χ0n) is 18.9. The van der Waals surface area contributed by atoms with Crippen molar-refractivity contribution in [2.45, 2.75) is 38.3 Å². The molecule has 1 aromatic heterocycles. The predicted molar refractivity (Wildman–Crippen MR) is 128 cm³/mol. The molecule has 2 aromatic carbocycles. The van der Waals surface area contributed by atoms with E-state index in [-0.39, 0.29) is 30.5 Å². The number of amides is 2. The molecule has 4 rings (SSSR count). The highest BCUT2D eigenvalue weighted by Crippen LogP contribution is 2.49. The summed E-state index contributed by atoms with van der Waals surface area (Å²) >= 11 is 5.99. The zero-order chi connectivity index (χ0) is 24.3. The van der Waals surface area contributed by atoms with Gasteiger partial charge >= 0.3 is 5.97 Å². The van der Waals surface area contributed by atoms with Crippen LogP contribution in [0.15, 0.2) is 54.7 Å². The van der Waals surface area contributed by atoms with Gasteiger partial charge in [-0.1, -0.05) is 23.7 Å². The van der Waals surface area contributed by atoms with Crippen LogP contribution in [-0.2, 0) is 32.8 Å². The number of nitrogens with zero attached hydrogens (tertiary/aromatic N) is 2. The van der Waals surface area contributed by atoms with Crippen molar-refractivity contribution < 1.29 is 19.1 Å². The Morgan fingerprint density at radius 3 is 2.47 bits per heavy atom. The normalized spacial score (nSPS) is 13.7. The molecular formula is C25H25ClN4O4. The highest BCUT2D eigenvalue weighted by molar-refractivity contribution is 6.30. The van der Waals surface area contributed by atoms with Crippen molar-refractivity contribution in [2.75, 3.05) is 12.4 Å². The third kappa shape index (κ3) is 5.28. The molecular weight excluding hydrogens is 456 g/mol. The lowest BCUT2D eigenvalue weighted by atomic mass is 9.95. The molecule has 0 bridgehead atoms. The van der Waals surface area contributed by atoms with E-state index in [1.807, 2.05) is 25.1 Å². The lowest BCUT2D eigenvalue weighted by Crippen LogP contribution is -2.29. The Kier molecular flexibility index (Phi) is 6.70. The average molecular weight is 481 g/mol. The molecule has 0 spiro atoms. The lowest BCUT2D eigenvalue weighted by Gasteiger charge is -2.17. The first kappa shape index (κ1) is 23.5. The van der Waals surface area contributed by atoms with E-state index < -0.39 is 11.4 Å². The fourth-order valence-corrected chi connectivity index (χ4v) is 3.97. The van der Waals surface area contributed by atoms with E-state index >= 15 is 0 Å². The van der Waals surface area contributed by atoms with Crippen LogP contribution >= 0.6 is 11.6 Å². The molecule has 176 valence electrons. The Hall–Kier alpha value is -3.65. The molecule has 1 saturated carbocycles. The van der Waals surface area contributed by atoms with Crippen molar-refractivity contribution in [1.29, 1.82) is 0 Å². The summed E-state index contributed by atoms with van der Waals surface area (Å²) in [6.45, 7) is 2.11. The monoisotopic (exact) mass is 480 g/mol. The number of nitrogens with one attached hydrogen (secondary N) is 2. The molecule has 9 heteroatoms. The predicted octanol–water partition coefficient (Wildman–Crippen LogP) is 3.62. The van der Waals surface area contributed by atoms with Gasteiger partial charge in [0.05, 0.1) is 23.8 Å². The van der Waals surface area contributed by atoms with Crippen LogP contribution in [0.1, 0.15) is 40.0 Å². The summed E-state index contributed by atoms with van der Waals surface area (Å²) in [5.41, 5.74) is 2.51. The second-order valence-electron chi connectivity index (χ2n) is 8.38. The van der Waals surface area contributed by atoms with Crippen LogP contribution in [0.5, 0.6) is 0 Å². The molecule has 0 saturated heterocycles. The number of carbonyl (C=O) groups is 3. The molecule has 34 heavy (non-hydrogen) atoms. The summed E-state index contributed by atoms with van der Waals surface area (Å²) in [5.74, 6) is -0.910. The molecule has 2 amide bonds. The first-order valence-corrected chi connectivity index (χ1v) is 11.2. The van der Waals surface area contributed by atoms with Crippen molar-refractivity contribution in [1.82, 2.24) is 15.1 Å². The minimum absolute atomic E-state index is 0.0811. The van der Waals surface area contributed by atoms with Crippen LogP contribution in [0.3, 0.4) is 0 Å². The molecule has 0 atom stereocenters. The Morgan fingerprint density at radius 2 is 1.85 bits per heavy atom. The number of hydrogen-bond acceptors (Lipinski definition) is 5. The van der Waals surface area contributed by atoms with Gasteiger partial charge in [0.2, 0.25) is 11.8 Å². The summed E-state index contributed by atoms with van der Waals surface area (Å²) in [6, 6.07) is 14.0. The summed E-state index contributed by atoms with van der Waals surface area (Å²) in [7, 11) is 1.29. The van der Waals surface area contributed by atoms with Gasteiger partial charge in [0, 0.05) is 23.5 Å². The van der Waals surface area contributed by atoms with E-state index in [1.54, 1.807) is 41.2 Å². The second-order valence-corrected chi connectivity index (χ2v) is 8.82. The Bertz CT molecular complexity index is 1230. The van der Waals surface area contributed by atoms with Crippen LogP contribution in [0.25, 0.3) is 0 Å². The average Bonchev–Trinajstić information content (AvgIpc) is 3.54. The van der Waals surface area contributed by atoms with Gasteiger partial charge in [0.1, 0.15) is 6.54 Å². The molecule has 1 fully saturated rings. The van der Waals surface area contributed by atoms with Crippen molar-refractivity contribution in [3.05, 3.63) is 82.1 Å². The van der Waals surface area contributed by atoms with Crippen molar-refractivity contribution in [2.24, 2.45) is 0 Å². The number of benzene rings is 2. The maximum Gasteiger partial charge on any atom is 0.337 e. The molecule has 0 unspecified atom stereocenters. The van der Waals surface area contributed by atoms with Crippen LogP contribution in [0, 0.1) is 6.92 Å². The molecule has 0 aliphatic heterocycles. The van der Waals surface area contributed by atoms with Gasteiger partial charge in [-0.2, -0.15) is 5.10 Å². The maximum atomic E-state index is 13.2. The molecule has 1 aliphatic rings. The van der Waals surface area contributed by atoms with Gasteiger partial charge in [-0.05, 0) is 67.3 Å². The van der Waals surface area contributed by atoms with Crippen molar-refractivity contribution in [3.63, 3.8) is 0 Å². The third-order valence-electron chi connectivity index (χ3n) is 5.82. The van der Waals surface area contributed by atoms with E-state index in [9.17, 15) is 14.4 Å². The van der Waals surface area contributed by atoms with Gasteiger partial charge in [0.25, 0.3) is 0 Å². The van der Waals surface area contributed by atoms with E-state index in [1.165, 1.54) is 7.11 Å². The molecule has 0 radical (unpaired) electrons. The SMILES string of the molecule is COC(=O)c1cc(CNC(=O)Cn2ccc(C)n2)cc(NC(=O)C2(c3ccc(Cl)cc3)CC2)c1. The van der Waals surface area contributed by atoms with Crippen LogP contribution in [0.2, 0.25) is 5.02 Å². The Balaban J connectivity index is 1.49. The topological polar surface area (TPSA) is 102 Å². The molecule has 3 aromatic rings. The Labute approximate surface area is 202 Å². The number of carbonyl (C=O) groups excluding carboxylic acids is 3. The lowest BCUT2D eigenvalue weighted by molar-refractivity contribution is -0.122.